The first-order valence-electron chi connectivity index (χ1n) is 11.0. The molecule has 0 spiro atoms. The van der Waals surface area contributed by atoms with Gasteiger partial charge in [0.2, 0.25) is 0 Å². The molecule has 0 bridgehead atoms. The smallest absolute Gasteiger partial charge is 0.191 e. The molecule has 3 aromatic rings. The van der Waals surface area contributed by atoms with Crippen molar-refractivity contribution in [3.63, 3.8) is 0 Å². The fourth-order valence-corrected chi connectivity index (χ4v) is 5.71. The second-order valence-corrected chi connectivity index (χ2v) is 9.42. The highest BCUT2D eigenvalue weighted by molar-refractivity contribution is 7.99. The fourth-order valence-electron chi connectivity index (χ4n) is 4.88. The third-order valence-electron chi connectivity index (χ3n) is 6.43. The van der Waals surface area contributed by atoms with Crippen LogP contribution >= 0.6 is 11.8 Å². The third kappa shape index (κ3) is 4.08. The maximum absolute atomic E-state index is 9.49. The zero-order valence-electron chi connectivity index (χ0n) is 18.1. The molecule has 4 heterocycles. The maximum Gasteiger partial charge on any atom is 0.191 e. The number of hydrogen-bond donors (Lipinski definition) is 0. The predicted octanol–water partition coefficient (Wildman–Crippen LogP) is 2.84. The van der Waals surface area contributed by atoms with Gasteiger partial charge in [0.1, 0.15) is 11.8 Å². The van der Waals surface area contributed by atoms with Crippen molar-refractivity contribution in [3.05, 3.63) is 48.4 Å². The summed E-state index contributed by atoms with van der Waals surface area (Å²) in [6.45, 7) is 4.37. The Kier molecular flexibility index (Phi) is 6.06. The number of fused-ring (bicyclic) bond motifs is 1. The van der Waals surface area contributed by atoms with Gasteiger partial charge in [-0.05, 0) is 37.4 Å². The standard InChI is InChI=1S/C23H26N8S/c1-29-22(19-14-25-8-9-26-19)27-28-23(29)32-12-4-10-30-15-18-7-11-31(21(18)16-30)20-6-3-2-5-17(20)13-24/h2-3,5-6,8-9,14,18,21H,4,7,10-12,15-16H2,1H3. The van der Waals surface area contributed by atoms with E-state index >= 15 is 0 Å². The summed E-state index contributed by atoms with van der Waals surface area (Å²) < 4.78 is 1.99. The second-order valence-electron chi connectivity index (χ2n) is 8.36. The van der Waals surface area contributed by atoms with Crippen molar-refractivity contribution in [1.82, 2.24) is 29.6 Å². The number of anilines is 1. The van der Waals surface area contributed by atoms with Gasteiger partial charge in [0.25, 0.3) is 0 Å². The number of thioether (sulfide) groups is 1. The van der Waals surface area contributed by atoms with Gasteiger partial charge in [0.05, 0.1) is 17.4 Å². The van der Waals surface area contributed by atoms with E-state index in [0.29, 0.717) is 12.0 Å². The van der Waals surface area contributed by atoms with Gasteiger partial charge in [-0.1, -0.05) is 23.9 Å². The molecule has 2 aromatic heterocycles. The lowest BCUT2D eigenvalue weighted by molar-refractivity contribution is 0.319. The zero-order valence-corrected chi connectivity index (χ0v) is 18.9. The average Bonchev–Trinajstić information content (AvgIpc) is 3.52. The van der Waals surface area contributed by atoms with Crippen LogP contribution in [0.1, 0.15) is 18.4 Å². The molecule has 2 saturated heterocycles. The zero-order chi connectivity index (χ0) is 21.9. The van der Waals surface area contributed by atoms with Gasteiger partial charge in [0, 0.05) is 50.9 Å². The Bertz CT molecular complexity index is 1110. The van der Waals surface area contributed by atoms with Gasteiger partial charge < -0.3 is 14.4 Å². The van der Waals surface area contributed by atoms with Crippen molar-refractivity contribution >= 4 is 17.4 Å². The molecule has 0 radical (unpaired) electrons. The largest absolute Gasteiger partial charge is 0.366 e. The van der Waals surface area contributed by atoms with Crippen LogP contribution in [0, 0.1) is 17.2 Å². The van der Waals surface area contributed by atoms with Gasteiger partial charge in [-0.25, -0.2) is 4.98 Å². The summed E-state index contributed by atoms with van der Waals surface area (Å²) in [5, 5.41) is 19.0. The number of benzene rings is 1. The minimum absolute atomic E-state index is 0.519. The summed E-state index contributed by atoms with van der Waals surface area (Å²) in [6, 6.07) is 10.9. The highest BCUT2D eigenvalue weighted by Crippen LogP contribution is 2.36. The molecule has 5 rings (SSSR count). The van der Waals surface area contributed by atoms with E-state index in [0.717, 1.165) is 66.3 Å². The molecule has 0 aliphatic carbocycles. The summed E-state index contributed by atoms with van der Waals surface area (Å²) in [5.74, 6) is 2.44. The van der Waals surface area contributed by atoms with E-state index in [1.54, 1.807) is 30.4 Å². The number of hydrogen-bond acceptors (Lipinski definition) is 8. The van der Waals surface area contributed by atoms with Crippen LogP contribution in [0.25, 0.3) is 11.5 Å². The summed E-state index contributed by atoms with van der Waals surface area (Å²) in [7, 11) is 1.97. The third-order valence-corrected chi connectivity index (χ3v) is 7.54. The summed E-state index contributed by atoms with van der Waals surface area (Å²) >= 11 is 1.74. The Morgan fingerprint density at radius 3 is 2.94 bits per heavy atom. The molecule has 2 aliphatic rings. The topological polar surface area (TPSA) is 86.8 Å². The molecule has 2 aliphatic heterocycles. The molecule has 8 nitrogen and oxygen atoms in total. The summed E-state index contributed by atoms with van der Waals surface area (Å²) in [4.78, 5) is 13.5. The van der Waals surface area contributed by atoms with E-state index in [4.69, 9.17) is 0 Å². The number of likely N-dealkylation sites (tertiary alicyclic amines) is 1. The van der Waals surface area contributed by atoms with E-state index in [-0.39, 0.29) is 0 Å². The Morgan fingerprint density at radius 2 is 2.09 bits per heavy atom. The van der Waals surface area contributed by atoms with Crippen LogP contribution in [0.3, 0.4) is 0 Å². The summed E-state index contributed by atoms with van der Waals surface area (Å²) in [6.07, 6.45) is 7.35. The van der Waals surface area contributed by atoms with Crippen molar-refractivity contribution in [2.45, 2.75) is 24.0 Å². The number of para-hydroxylation sites is 1. The Hall–Kier alpha value is -2.96. The molecule has 2 atom stereocenters. The lowest BCUT2D eigenvalue weighted by Crippen LogP contribution is -2.36. The van der Waals surface area contributed by atoms with Gasteiger partial charge in [-0.15, -0.1) is 10.2 Å². The molecular formula is C23H26N8S. The first-order chi connectivity index (χ1) is 15.7. The van der Waals surface area contributed by atoms with E-state index < -0.39 is 0 Å². The molecule has 9 heteroatoms. The molecular weight excluding hydrogens is 420 g/mol. The first kappa shape index (κ1) is 20.9. The van der Waals surface area contributed by atoms with Gasteiger partial charge >= 0.3 is 0 Å². The van der Waals surface area contributed by atoms with Crippen LogP contribution in [0.5, 0.6) is 0 Å². The van der Waals surface area contributed by atoms with E-state index in [9.17, 15) is 5.26 Å². The number of aromatic nitrogens is 5. The second kappa shape index (κ2) is 9.27. The van der Waals surface area contributed by atoms with Gasteiger partial charge in [0.15, 0.2) is 11.0 Å². The van der Waals surface area contributed by atoms with Crippen LogP contribution < -0.4 is 4.90 Å². The van der Waals surface area contributed by atoms with E-state index in [2.05, 4.69) is 42.1 Å². The van der Waals surface area contributed by atoms with Crippen LogP contribution in [-0.4, -0.2) is 67.6 Å². The minimum Gasteiger partial charge on any atom is -0.366 e. The molecule has 0 N–H and O–H groups in total. The Labute approximate surface area is 192 Å². The molecule has 164 valence electrons. The van der Waals surface area contributed by atoms with Crippen LogP contribution in [-0.2, 0) is 7.05 Å². The van der Waals surface area contributed by atoms with Crippen molar-refractivity contribution in [2.75, 3.05) is 36.8 Å². The highest BCUT2D eigenvalue weighted by Gasteiger charge is 2.41. The van der Waals surface area contributed by atoms with E-state index in [1.807, 2.05) is 29.8 Å². The van der Waals surface area contributed by atoms with Gasteiger partial charge in [-0.2, -0.15) is 5.26 Å². The van der Waals surface area contributed by atoms with Crippen molar-refractivity contribution in [3.8, 4) is 17.6 Å². The minimum atomic E-state index is 0.519. The Balaban J connectivity index is 1.13. The number of rotatable bonds is 7. The van der Waals surface area contributed by atoms with Crippen LogP contribution in [0.15, 0.2) is 48.0 Å². The molecule has 0 amide bonds. The average molecular weight is 447 g/mol. The van der Waals surface area contributed by atoms with Gasteiger partial charge in [-0.3, -0.25) is 4.98 Å². The number of nitriles is 1. The normalized spacial score (nSPS) is 20.4. The molecule has 1 aromatic carbocycles. The molecule has 2 fully saturated rings. The van der Waals surface area contributed by atoms with Crippen molar-refractivity contribution in [1.29, 1.82) is 5.26 Å². The maximum atomic E-state index is 9.49. The fraction of sp³-hybridized carbons (Fsp3) is 0.435. The molecule has 0 saturated carbocycles. The molecule has 2 unspecified atom stereocenters. The quantitative estimate of drug-likeness (QED) is 0.404. The molecule has 32 heavy (non-hydrogen) atoms. The number of nitrogens with zero attached hydrogens (tertiary/aromatic N) is 8. The van der Waals surface area contributed by atoms with Crippen molar-refractivity contribution in [2.24, 2.45) is 13.0 Å². The van der Waals surface area contributed by atoms with Crippen molar-refractivity contribution < 1.29 is 0 Å². The monoisotopic (exact) mass is 446 g/mol. The lowest BCUT2D eigenvalue weighted by atomic mass is 10.0. The first-order valence-corrected chi connectivity index (χ1v) is 12.0. The summed E-state index contributed by atoms with van der Waals surface area (Å²) in [5.41, 5.74) is 2.62. The van der Waals surface area contributed by atoms with E-state index in [1.165, 1.54) is 6.42 Å². The highest BCUT2D eigenvalue weighted by atomic mass is 32.2. The SMILES string of the molecule is Cn1c(SCCCN2CC3CCN(c4ccccc4C#N)C3C2)nnc1-c1cnccn1. The van der Waals surface area contributed by atoms with Crippen LogP contribution in [0.2, 0.25) is 0 Å². The van der Waals surface area contributed by atoms with Crippen LogP contribution in [0.4, 0.5) is 5.69 Å². The lowest BCUT2D eigenvalue weighted by Gasteiger charge is -2.27. The Morgan fingerprint density at radius 1 is 1.19 bits per heavy atom. The predicted molar refractivity (Wildman–Crippen MR) is 124 cm³/mol.